The highest BCUT2D eigenvalue weighted by Crippen LogP contribution is 2.39. The standard InChI is InChI=1S/C96H56N10O2/c107-75-37-23-55(24-38-75)77-41-27-57-13-15-59-29-43-79(99-89(59)87(57)97-77)67-5-1-7-69(51-67)81-45-31-61-17-19-63-33-47-83(103-93(63)91(61)101-81)71-9-3-11-73(53-71)85-49-35-65-21-22-66-36-50-86(106-96(66)95(65)105-85)74-12-4-10-72(54-74)84-48-34-64-20-18-62-32-46-82(102-92(62)94(64)104-84)70-8-2-6-68(52-70)80-44-30-60-16-14-58-28-42-78(98-88(58)90(60)100-80)56-25-39-76(108)40-26-56/h1-54,107-108H. The molecule has 21 aromatic rings. The molecule has 10 aromatic heterocycles. The molecule has 0 aliphatic rings. The molecule has 0 fully saturated rings. The zero-order valence-corrected chi connectivity index (χ0v) is 57.5. The lowest BCUT2D eigenvalue weighted by Gasteiger charge is -2.11. The third-order valence-corrected chi connectivity index (χ3v) is 20.7. The Bertz CT molecular complexity index is 6920. The van der Waals surface area contributed by atoms with E-state index in [1.807, 2.05) is 36.4 Å². The van der Waals surface area contributed by atoms with Crippen LogP contribution >= 0.6 is 0 Å². The summed E-state index contributed by atoms with van der Waals surface area (Å²) in [5, 5.41) is 29.9. The molecule has 0 aliphatic heterocycles. The molecule has 21 rings (SSSR count). The van der Waals surface area contributed by atoms with Gasteiger partial charge in [-0.1, -0.05) is 194 Å². The maximum atomic E-state index is 9.95. The van der Waals surface area contributed by atoms with Crippen LogP contribution in [0, 0.1) is 0 Å². The largest absolute Gasteiger partial charge is 0.508 e. The first kappa shape index (κ1) is 61.8. The van der Waals surface area contributed by atoms with Crippen molar-refractivity contribution in [1.82, 2.24) is 49.8 Å². The van der Waals surface area contributed by atoms with Crippen molar-refractivity contribution in [2.75, 3.05) is 0 Å². The van der Waals surface area contributed by atoms with Gasteiger partial charge in [0, 0.05) is 109 Å². The minimum Gasteiger partial charge on any atom is -0.508 e. The molecule has 0 bridgehead atoms. The van der Waals surface area contributed by atoms with Crippen LogP contribution in [-0.2, 0) is 0 Å². The number of pyridine rings is 10. The highest BCUT2D eigenvalue weighted by Gasteiger charge is 2.19. The second-order valence-corrected chi connectivity index (χ2v) is 27.4. The lowest BCUT2D eigenvalue weighted by Crippen LogP contribution is -1.93. The Hall–Kier alpha value is -14.9. The van der Waals surface area contributed by atoms with Gasteiger partial charge in [-0.2, -0.15) is 0 Å². The van der Waals surface area contributed by atoms with Crippen molar-refractivity contribution in [3.8, 4) is 124 Å². The van der Waals surface area contributed by atoms with Gasteiger partial charge in [0.2, 0.25) is 0 Å². The number of hydrogen-bond donors (Lipinski definition) is 2. The van der Waals surface area contributed by atoms with Crippen molar-refractivity contribution in [3.63, 3.8) is 0 Å². The van der Waals surface area contributed by atoms with Crippen molar-refractivity contribution in [2.45, 2.75) is 0 Å². The second-order valence-electron chi connectivity index (χ2n) is 27.4. The van der Waals surface area contributed by atoms with Gasteiger partial charge in [0.25, 0.3) is 0 Å². The number of rotatable bonds is 10. The van der Waals surface area contributed by atoms with Gasteiger partial charge < -0.3 is 10.2 Å². The van der Waals surface area contributed by atoms with Gasteiger partial charge in [-0.3, -0.25) is 0 Å². The minimum absolute atomic E-state index is 0.214. The summed E-state index contributed by atoms with van der Waals surface area (Å²) < 4.78 is 0. The van der Waals surface area contributed by atoms with E-state index in [1.54, 1.807) is 24.3 Å². The number of benzene rings is 11. The van der Waals surface area contributed by atoms with E-state index in [0.717, 1.165) is 222 Å². The zero-order valence-electron chi connectivity index (χ0n) is 57.5. The Morgan fingerprint density at radius 2 is 0.259 bits per heavy atom. The molecule has 10 heterocycles. The SMILES string of the molecule is Oc1ccc(-c2ccc3ccc4ccc(-c5cccc(-c6ccc7ccc8ccc(-c9cccc(-c%10ccc%11ccc%12ccc(-c%13cccc(-c%14ccc%15ccc%16ccc(-c%17cccc(-c%18ccc%19ccc%20ccc(-c%21ccc(O)cc%21)nc%20c%19n%18)c%17)nc%16c%15n%14)c%13)nc%12c%11n%10)c9)nc8c7n6)c5)nc4c3n2)cc1. The smallest absolute Gasteiger partial charge is 0.115 e. The van der Waals surface area contributed by atoms with Crippen LogP contribution in [0.1, 0.15) is 0 Å². The monoisotopic (exact) mass is 1380 g/mol. The van der Waals surface area contributed by atoms with Crippen molar-refractivity contribution in [2.24, 2.45) is 0 Å². The molecule has 0 radical (unpaired) electrons. The maximum absolute atomic E-state index is 9.95. The third-order valence-electron chi connectivity index (χ3n) is 20.7. The molecular weight excluding hydrogens is 1330 g/mol. The molecular formula is C96H56N10O2. The number of hydrogen-bond acceptors (Lipinski definition) is 12. The second kappa shape index (κ2) is 24.9. The van der Waals surface area contributed by atoms with Gasteiger partial charge in [-0.25, -0.2) is 49.8 Å². The molecule has 12 nitrogen and oxygen atoms in total. The Labute approximate surface area is 617 Å². The highest BCUT2D eigenvalue weighted by molar-refractivity contribution is 6.09. The van der Waals surface area contributed by atoms with Gasteiger partial charge >= 0.3 is 0 Å². The number of phenolic OH excluding ortho intramolecular Hbond substituents is 2. The molecule has 0 saturated carbocycles. The highest BCUT2D eigenvalue weighted by atomic mass is 16.3. The zero-order chi connectivity index (χ0) is 71.5. The Balaban J connectivity index is 0.565. The molecule has 0 saturated heterocycles. The van der Waals surface area contributed by atoms with Crippen LogP contribution in [-0.4, -0.2) is 60.1 Å². The van der Waals surface area contributed by atoms with E-state index in [4.69, 9.17) is 49.8 Å². The van der Waals surface area contributed by atoms with Crippen LogP contribution in [0.25, 0.3) is 222 Å². The van der Waals surface area contributed by atoms with Crippen LogP contribution in [0.2, 0.25) is 0 Å². The fourth-order valence-corrected chi connectivity index (χ4v) is 15.1. The summed E-state index contributed by atoms with van der Waals surface area (Å²) in [5.41, 5.74) is 26.0. The maximum Gasteiger partial charge on any atom is 0.115 e. The third kappa shape index (κ3) is 10.9. The quantitative estimate of drug-likeness (QED) is 0.124. The van der Waals surface area contributed by atoms with Gasteiger partial charge in [-0.05, 0) is 133 Å². The number of phenols is 2. The molecule has 502 valence electrons. The summed E-state index contributed by atoms with van der Waals surface area (Å²) in [6.45, 7) is 0. The molecule has 11 aromatic carbocycles. The summed E-state index contributed by atoms with van der Waals surface area (Å²) >= 11 is 0. The summed E-state index contributed by atoms with van der Waals surface area (Å²) in [6, 6.07) is 111. The fraction of sp³-hybridized carbons (Fsp3) is 0. The molecule has 0 aliphatic carbocycles. The fourth-order valence-electron chi connectivity index (χ4n) is 15.1. The van der Waals surface area contributed by atoms with Crippen molar-refractivity contribution < 1.29 is 10.2 Å². The lowest BCUT2D eigenvalue weighted by molar-refractivity contribution is 0.475. The van der Waals surface area contributed by atoms with E-state index in [-0.39, 0.29) is 11.5 Å². The summed E-state index contributed by atoms with van der Waals surface area (Å²) in [4.78, 5) is 53.0. The van der Waals surface area contributed by atoms with E-state index in [0.29, 0.717) is 0 Å². The van der Waals surface area contributed by atoms with E-state index >= 15 is 0 Å². The van der Waals surface area contributed by atoms with Gasteiger partial charge in [0.05, 0.1) is 112 Å². The van der Waals surface area contributed by atoms with Gasteiger partial charge in [-0.15, -0.1) is 0 Å². The first-order chi connectivity index (χ1) is 53.2. The predicted molar refractivity (Wildman–Crippen MR) is 437 cm³/mol. The molecule has 2 N–H and O–H groups in total. The molecule has 0 spiro atoms. The number of aromatic nitrogens is 10. The summed E-state index contributed by atoms with van der Waals surface area (Å²) in [6.07, 6.45) is 0. The average Bonchev–Trinajstić information content (AvgIpc) is 0.780. The van der Waals surface area contributed by atoms with Gasteiger partial charge in [0.1, 0.15) is 11.5 Å². The van der Waals surface area contributed by atoms with Crippen LogP contribution in [0.3, 0.4) is 0 Å². The first-order valence-corrected chi connectivity index (χ1v) is 35.8. The minimum atomic E-state index is 0.214. The topological polar surface area (TPSA) is 169 Å². The Morgan fingerprint density at radius 1 is 0.130 bits per heavy atom. The normalized spacial score (nSPS) is 11.8. The molecule has 0 amide bonds. The molecule has 12 heteroatoms. The van der Waals surface area contributed by atoms with Crippen LogP contribution < -0.4 is 0 Å². The predicted octanol–water partition coefficient (Wildman–Crippen LogP) is 23.2. The number of nitrogens with zero attached hydrogens (tertiary/aromatic N) is 10. The number of fused-ring (bicyclic) bond motifs is 15. The van der Waals surface area contributed by atoms with Crippen LogP contribution in [0.5, 0.6) is 11.5 Å². The van der Waals surface area contributed by atoms with Crippen molar-refractivity contribution >= 4 is 109 Å². The van der Waals surface area contributed by atoms with E-state index in [2.05, 4.69) is 267 Å². The van der Waals surface area contributed by atoms with Gasteiger partial charge in [0.15, 0.2) is 0 Å². The van der Waals surface area contributed by atoms with E-state index in [9.17, 15) is 10.2 Å². The van der Waals surface area contributed by atoms with E-state index < -0.39 is 0 Å². The van der Waals surface area contributed by atoms with Crippen LogP contribution in [0.4, 0.5) is 0 Å². The first-order valence-electron chi connectivity index (χ1n) is 35.8. The summed E-state index contributed by atoms with van der Waals surface area (Å²) in [5.74, 6) is 0.428. The Kier molecular flexibility index (Phi) is 14.3. The average molecular weight is 1380 g/mol. The number of aromatic hydroxyl groups is 2. The molecule has 0 atom stereocenters. The van der Waals surface area contributed by atoms with Crippen molar-refractivity contribution in [3.05, 3.63) is 328 Å². The van der Waals surface area contributed by atoms with Crippen molar-refractivity contribution in [1.29, 1.82) is 0 Å². The molecule has 108 heavy (non-hydrogen) atoms. The lowest BCUT2D eigenvalue weighted by atomic mass is 10.0. The summed E-state index contributed by atoms with van der Waals surface area (Å²) in [7, 11) is 0. The van der Waals surface area contributed by atoms with Crippen LogP contribution in [0.15, 0.2) is 328 Å². The Morgan fingerprint density at radius 3 is 0.407 bits per heavy atom. The van der Waals surface area contributed by atoms with E-state index in [1.165, 1.54) is 0 Å². The molecule has 0 unspecified atom stereocenters.